The fraction of sp³-hybridized carbons (Fsp3) is 0.368. The molecule has 1 aliphatic heterocycles. The number of imidazole rings is 1. The lowest BCUT2D eigenvalue weighted by atomic mass is 10.1. The highest BCUT2D eigenvalue weighted by molar-refractivity contribution is 7.03. The highest BCUT2D eigenvalue weighted by Gasteiger charge is 2.14. The van der Waals surface area contributed by atoms with Crippen LogP contribution in [0.25, 0.3) is 11.3 Å². The number of nitrogens with zero attached hydrogens (tertiary/aromatic N) is 3. The summed E-state index contributed by atoms with van der Waals surface area (Å²) in [6.45, 7) is 5.34. The van der Waals surface area contributed by atoms with Gasteiger partial charge in [0.25, 0.3) is 0 Å². The van der Waals surface area contributed by atoms with Gasteiger partial charge in [-0.15, -0.1) is 0 Å². The molecule has 5 heteroatoms. The molecule has 3 heterocycles. The number of fused-ring (bicyclic) bond motifs is 1. The van der Waals surface area contributed by atoms with Crippen LogP contribution in [0.15, 0.2) is 35.8 Å². The Morgan fingerprint density at radius 2 is 2.04 bits per heavy atom. The van der Waals surface area contributed by atoms with Gasteiger partial charge in [0, 0.05) is 41.4 Å². The van der Waals surface area contributed by atoms with Gasteiger partial charge in [0.15, 0.2) is 0 Å². The topological polar surface area (TPSA) is 42.7 Å². The van der Waals surface area contributed by atoms with Crippen LogP contribution in [-0.4, -0.2) is 13.9 Å². The Labute approximate surface area is 146 Å². The monoisotopic (exact) mass is 338 g/mol. The highest BCUT2D eigenvalue weighted by atomic mass is 32.1. The van der Waals surface area contributed by atoms with Crippen LogP contribution in [0.1, 0.15) is 42.9 Å². The number of benzene rings is 1. The van der Waals surface area contributed by atoms with Gasteiger partial charge in [-0.1, -0.05) is 12.1 Å². The third kappa shape index (κ3) is 2.96. The van der Waals surface area contributed by atoms with Gasteiger partial charge in [0.1, 0.15) is 5.82 Å². The molecule has 0 saturated heterocycles. The Kier molecular flexibility index (Phi) is 4.10. The van der Waals surface area contributed by atoms with Crippen molar-refractivity contribution >= 4 is 17.2 Å². The zero-order valence-electron chi connectivity index (χ0n) is 14.1. The van der Waals surface area contributed by atoms with E-state index in [0.29, 0.717) is 0 Å². The number of anilines is 1. The molecule has 0 fully saturated rings. The maximum absolute atomic E-state index is 4.80. The second-order valence-corrected chi connectivity index (χ2v) is 7.12. The molecule has 124 valence electrons. The van der Waals surface area contributed by atoms with Gasteiger partial charge in [-0.3, -0.25) is 0 Å². The van der Waals surface area contributed by atoms with Crippen molar-refractivity contribution in [1.82, 2.24) is 13.9 Å². The lowest BCUT2D eigenvalue weighted by Crippen LogP contribution is -2.08. The van der Waals surface area contributed by atoms with Gasteiger partial charge in [0.2, 0.25) is 0 Å². The van der Waals surface area contributed by atoms with Gasteiger partial charge in [-0.25, -0.2) is 4.98 Å². The van der Waals surface area contributed by atoms with E-state index in [1.807, 2.05) is 0 Å². The first-order valence-electron chi connectivity index (χ1n) is 8.54. The summed E-state index contributed by atoms with van der Waals surface area (Å²) >= 11 is 1.52. The molecule has 0 radical (unpaired) electrons. The molecule has 4 rings (SSSR count). The second-order valence-electron chi connectivity index (χ2n) is 6.49. The third-order valence-electron chi connectivity index (χ3n) is 4.73. The van der Waals surface area contributed by atoms with Crippen molar-refractivity contribution in [3.8, 4) is 11.3 Å². The summed E-state index contributed by atoms with van der Waals surface area (Å²) in [6, 6.07) is 8.84. The van der Waals surface area contributed by atoms with Crippen molar-refractivity contribution in [1.29, 1.82) is 0 Å². The minimum atomic E-state index is 0.259. The molecule has 1 unspecified atom stereocenters. The number of hydrogen-bond donors (Lipinski definition) is 1. The number of aryl methyl sites for hydroxylation is 3. The van der Waals surface area contributed by atoms with Crippen LogP contribution in [0.2, 0.25) is 0 Å². The quantitative estimate of drug-likeness (QED) is 0.741. The van der Waals surface area contributed by atoms with E-state index >= 15 is 0 Å². The van der Waals surface area contributed by atoms with Crippen LogP contribution in [0.3, 0.4) is 0 Å². The summed E-state index contributed by atoms with van der Waals surface area (Å²) in [6.07, 6.45) is 5.82. The van der Waals surface area contributed by atoms with Crippen LogP contribution in [0.5, 0.6) is 0 Å². The van der Waals surface area contributed by atoms with E-state index in [0.717, 1.165) is 30.0 Å². The lowest BCUT2D eigenvalue weighted by Gasteiger charge is -2.15. The van der Waals surface area contributed by atoms with Gasteiger partial charge >= 0.3 is 0 Å². The van der Waals surface area contributed by atoms with Gasteiger partial charge in [-0.05, 0) is 50.4 Å². The van der Waals surface area contributed by atoms with Crippen molar-refractivity contribution in [3.05, 3.63) is 52.9 Å². The van der Waals surface area contributed by atoms with Crippen molar-refractivity contribution in [2.45, 2.75) is 45.7 Å². The Hall–Kier alpha value is -2.14. The molecule has 4 nitrogen and oxygen atoms in total. The van der Waals surface area contributed by atoms with E-state index in [2.05, 4.69) is 63.9 Å². The smallest absolute Gasteiger partial charge is 0.109 e. The molecule has 0 aliphatic carbocycles. The molecule has 2 aromatic heterocycles. The highest BCUT2D eigenvalue weighted by Crippen LogP contribution is 2.26. The average Bonchev–Trinajstić information content (AvgIpc) is 3.21. The molecule has 1 N–H and O–H groups in total. The maximum atomic E-state index is 4.80. The van der Waals surface area contributed by atoms with Crippen LogP contribution in [0, 0.1) is 6.92 Å². The van der Waals surface area contributed by atoms with Crippen LogP contribution < -0.4 is 5.32 Å². The first-order valence-corrected chi connectivity index (χ1v) is 9.38. The van der Waals surface area contributed by atoms with Crippen molar-refractivity contribution in [2.75, 3.05) is 5.32 Å². The fourth-order valence-electron chi connectivity index (χ4n) is 3.33. The first kappa shape index (κ1) is 15.4. The molecule has 3 aromatic rings. The van der Waals surface area contributed by atoms with E-state index in [1.165, 1.54) is 41.3 Å². The minimum absolute atomic E-state index is 0.259. The summed E-state index contributed by atoms with van der Waals surface area (Å²) in [7, 11) is 0. The summed E-state index contributed by atoms with van der Waals surface area (Å²) in [5.74, 6) is 1.23. The summed E-state index contributed by atoms with van der Waals surface area (Å²) in [5.41, 5.74) is 5.78. The van der Waals surface area contributed by atoms with E-state index in [-0.39, 0.29) is 6.04 Å². The molecular formula is C19H22N4S. The zero-order valence-corrected chi connectivity index (χ0v) is 14.9. The lowest BCUT2D eigenvalue weighted by molar-refractivity contribution is 0.522. The molecule has 0 saturated carbocycles. The number of nitrogens with one attached hydrogen (secondary N) is 1. The molecule has 1 atom stereocenters. The summed E-state index contributed by atoms with van der Waals surface area (Å²) in [5, 5.41) is 5.68. The Balaban J connectivity index is 1.50. The van der Waals surface area contributed by atoms with Gasteiger partial charge in [0.05, 0.1) is 17.4 Å². The SMILES string of the molecule is Cc1nscc1C(C)Nc1ccc(-c2cn3c(n2)CCCC3)cc1. The molecule has 24 heavy (non-hydrogen) atoms. The Morgan fingerprint density at radius 1 is 1.21 bits per heavy atom. The van der Waals surface area contributed by atoms with Crippen molar-refractivity contribution < 1.29 is 0 Å². The van der Waals surface area contributed by atoms with E-state index < -0.39 is 0 Å². The van der Waals surface area contributed by atoms with E-state index in [1.54, 1.807) is 0 Å². The fourth-order valence-corrected chi connectivity index (χ4v) is 4.14. The number of hydrogen-bond acceptors (Lipinski definition) is 4. The minimum Gasteiger partial charge on any atom is -0.378 e. The van der Waals surface area contributed by atoms with Gasteiger partial charge in [-0.2, -0.15) is 4.37 Å². The summed E-state index contributed by atoms with van der Waals surface area (Å²) in [4.78, 5) is 4.80. The standard InChI is InChI=1S/C19H22N4S/c1-13(17-12-24-22-14(17)2)20-16-8-6-15(7-9-16)18-11-23-10-4-3-5-19(23)21-18/h6-9,11-13,20H,3-5,10H2,1-2H3. The molecule has 1 aliphatic rings. The average molecular weight is 338 g/mol. The second kappa shape index (κ2) is 6.40. The number of aromatic nitrogens is 3. The zero-order chi connectivity index (χ0) is 16.5. The molecular weight excluding hydrogens is 316 g/mol. The molecule has 0 bridgehead atoms. The van der Waals surface area contributed by atoms with Gasteiger partial charge < -0.3 is 9.88 Å². The van der Waals surface area contributed by atoms with Crippen LogP contribution in [0.4, 0.5) is 5.69 Å². The van der Waals surface area contributed by atoms with E-state index in [9.17, 15) is 0 Å². The Bertz CT molecular complexity index is 808. The maximum Gasteiger partial charge on any atom is 0.109 e. The van der Waals surface area contributed by atoms with Crippen molar-refractivity contribution in [2.24, 2.45) is 0 Å². The largest absolute Gasteiger partial charge is 0.378 e. The van der Waals surface area contributed by atoms with Crippen molar-refractivity contribution in [3.63, 3.8) is 0 Å². The molecule has 1 aromatic carbocycles. The summed E-state index contributed by atoms with van der Waals surface area (Å²) < 4.78 is 6.66. The third-order valence-corrected chi connectivity index (χ3v) is 5.46. The normalized spacial score (nSPS) is 15.1. The number of rotatable bonds is 4. The molecule has 0 spiro atoms. The molecule has 0 amide bonds. The van der Waals surface area contributed by atoms with Crippen LogP contribution in [-0.2, 0) is 13.0 Å². The Morgan fingerprint density at radius 3 is 2.75 bits per heavy atom. The van der Waals surface area contributed by atoms with Crippen LogP contribution >= 0.6 is 11.5 Å². The predicted octanol–water partition coefficient (Wildman–Crippen LogP) is 4.82. The predicted molar refractivity (Wildman–Crippen MR) is 99.5 cm³/mol. The first-order chi connectivity index (χ1) is 11.7. The van der Waals surface area contributed by atoms with E-state index in [4.69, 9.17) is 4.98 Å².